The number of Topliss-reactive ketones (excluding diaryl/α,β-unsaturated/α-hetero) is 1. The fourth-order valence-electron chi connectivity index (χ4n) is 7.11. The predicted octanol–water partition coefficient (Wildman–Crippen LogP) is 3.63. The Kier molecular flexibility index (Phi) is 15.9. The topological polar surface area (TPSA) is 200 Å². The Hall–Kier alpha value is -2.88. The first kappa shape index (κ1) is 41.5. The van der Waals surface area contributed by atoms with Crippen LogP contribution in [0.15, 0.2) is 16.3 Å². The van der Waals surface area contributed by atoms with Gasteiger partial charge in [0.25, 0.3) is 5.91 Å². The second-order valence-electron chi connectivity index (χ2n) is 15.1. The van der Waals surface area contributed by atoms with Crippen LogP contribution in [0.2, 0.25) is 0 Å². The molecule has 1 saturated heterocycles. The molecule has 2 aliphatic rings. The lowest BCUT2D eigenvalue weighted by atomic mass is 9.82. The van der Waals surface area contributed by atoms with Gasteiger partial charge in [0.15, 0.2) is 0 Å². The quantitative estimate of drug-likeness (QED) is 0.0790. The van der Waals surface area contributed by atoms with E-state index in [1.165, 1.54) is 11.3 Å². The van der Waals surface area contributed by atoms with Gasteiger partial charge in [0.05, 0.1) is 10.9 Å². The Morgan fingerprint density at radius 2 is 1.74 bits per heavy atom. The maximum Gasteiger partial charge on any atom is 0.315 e. The number of unbranched alkanes of at least 4 members (excludes halogenated alkanes) is 1. The number of ketones is 1. The van der Waals surface area contributed by atoms with Crippen LogP contribution in [0.1, 0.15) is 104 Å². The molecule has 0 aromatic carbocycles. The molecule has 2 unspecified atom stereocenters. The Morgan fingerprint density at radius 3 is 2.32 bits per heavy atom. The number of nitrogens with one attached hydrogen (secondary N) is 4. The summed E-state index contributed by atoms with van der Waals surface area (Å²) in [5.41, 5.74) is 4.94. The van der Waals surface area contributed by atoms with Crippen molar-refractivity contribution in [2.45, 2.75) is 135 Å². The lowest BCUT2D eigenvalue weighted by Crippen LogP contribution is -2.61. The first-order chi connectivity index (χ1) is 23.6. The number of carbonyl (C=O) groups is 5. The van der Waals surface area contributed by atoms with E-state index in [1.54, 1.807) is 16.3 Å². The van der Waals surface area contributed by atoms with Gasteiger partial charge in [-0.15, -0.1) is 11.3 Å². The number of amides is 5. The first-order valence-electron chi connectivity index (χ1n) is 18.0. The maximum atomic E-state index is 14.5. The number of primary amides is 1. The van der Waals surface area contributed by atoms with Crippen molar-refractivity contribution in [1.29, 1.82) is 0 Å². The molecule has 282 valence electrons. The number of thiol groups is 1. The summed E-state index contributed by atoms with van der Waals surface area (Å²) < 4.78 is 21.3. The van der Waals surface area contributed by atoms with E-state index >= 15 is 0 Å². The Balaban J connectivity index is 1.81. The largest absolute Gasteiger partial charge is 0.363 e. The minimum atomic E-state index is -2.46. The summed E-state index contributed by atoms with van der Waals surface area (Å²) in [5.74, 6) is -3.02. The van der Waals surface area contributed by atoms with Crippen LogP contribution < -0.4 is 27.0 Å². The average Bonchev–Trinajstić information content (AvgIpc) is 3.72. The van der Waals surface area contributed by atoms with Gasteiger partial charge in [-0.05, 0) is 54.2 Å². The molecule has 1 aromatic heterocycles. The summed E-state index contributed by atoms with van der Waals surface area (Å²) in [7, 11) is 0. The van der Waals surface area contributed by atoms with Crippen LogP contribution >= 0.6 is 11.3 Å². The highest BCUT2D eigenvalue weighted by Gasteiger charge is 2.47. The molecule has 0 radical (unpaired) electrons. The molecule has 2 fully saturated rings. The molecule has 1 aliphatic heterocycles. The third-order valence-electron chi connectivity index (χ3n) is 10.2. The van der Waals surface area contributed by atoms with Crippen LogP contribution in [0.25, 0.3) is 0 Å². The molecule has 5 amide bonds. The van der Waals surface area contributed by atoms with E-state index in [9.17, 15) is 32.7 Å². The number of carbonyl (C=O) groups excluding carboxylic acids is 5. The minimum absolute atomic E-state index is 0.0529. The summed E-state index contributed by atoms with van der Waals surface area (Å²) in [5, 5.41) is 13.9. The molecule has 1 aromatic rings. The highest BCUT2D eigenvalue weighted by molar-refractivity contribution is 7.79. The van der Waals surface area contributed by atoms with E-state index in [0.717, 1.165) is 43.4 Å². The van der Waals surface area contributed by atoms with Crippen molar-refractivity contribution < 1.29 is 32.7 Å². The van der Waals surface area contributed by atoms with Crippen LogP contribution in [0.5, 0.6) is 0 Å². The fraction of sp³-hybridized carbons (Fsp3) is 0.743. The number of nitrogens with two attached hydrogens (primary N) is 1. The Labute approximate surface area is 303 Å². The zero-order chi connectivity index (χ0) is 37.2. The second kappa shape index (κ2) is 19.1. The van der Waals surface area contributed by atoms with Crippen molar-refractivity contribution >= 4 is 52.0 Å². The van der Waals surface area contributed by atoms with Crippen LogP contribution in [-0.4, -0.2) is 76.2 Å². The standard InChI is InChI=1S/C35H58N6O7S2/c1-7-8-14-24(30(42)31(36)43)38-32(44)29-23(21(2)3)15-17-41(29)33(45)28(22-12-10-9-11-13-22)40-34(46)39-27(35(4,5)6)20-37-19-25-26(50(47)48)16-18-49-25/h16,18,21-24,27-29,37H,7-15,17,19-20H2,1-6H3,(H2,36,43)(H,38,44)(H,47,48)(H2,39,40,46)/p+1/t23-,24?,27-,28+,29+/m1/s1. The van der Waals surface area contributed by atoms with Crippen molar-refractivity contribution in [2.75, 3.05) is 13.1 Å². The van der Waals surface area contributed by atoms with Crippen molar-refractivity contribution in [3.63, 3.8) is 0 Å². The van der Waals surface area contributed by atoms with E-state index in [0.29, 0.717) is 37.4 Å². The van der Waals surface area contributed by atoms with Crippen molar-refractivity contribution in [3.8, 4) is 0 Å². The molecular formula is C35H59N6O7S2+. The van der Waals surface area contributed by atoms with Gasteiger partial charge in [-0.3, -0.25) is 19.2 Å². The maximum absolute atomic E-state index is 14.5. The van der Waals surface area contributed by atoms with Gasteiger partial charge >= 0.3 is 6.03 Å². The first-order valence-corrected chi connectivity index (χ1v) is 20.1. The molecule has 2 heterocycles. The number of rotatable bonds is 17. The molecule has 15 heteroatoms. The van der Waals surface area contributed by atoms with E-state index in [-0.39, 0.29) is 41.5 Å². The molecule has 3 rings (SSSR count). The lowest BCUT2D eigenvalue weighted by molar-refractivity contribution is -0.144. The highest BCUT2D eigenvalue weighted by Crippen LogP contribution is 2.34. The number of urea groups is 1. The SMILES string of the molecule is CCCCC(NC(=O)[C@@H]1[C@@H](C(C)C)CCN1C(=O)[C@@H](NC(=O)N[C@H](CNCc1sccc1[SH+](=O)O)C(C)(C)C)C1CCCCC1)C(=O)C(N)=O. The second-order valence-corrected chi connectivity index (χ2v) is 17.2. The smallest absolute Gasteiger partial charge is 0.315 e. The Bertz CT molecular complexity index is 1360. The molecule has 1 saturated carbocycles. The van der Waals surface area contributed by atoms with E-state index in [4.69, 9.17) is 5.73 Å². The normalized spacial score (nSPS) is 20.9. The zero-order valence-electron chi connectivity index (χ0n) is 30.5. The number of nitrogens with zero attached hydrogens (tertiary/aromatic N) is 1. The van der Waals surface area contributed by atoms with Gasteiger partial charge in [0.2, 0.25) is 33.6 Å². The van der Waals surface area contributed by atoms with Gasteiger partial charge in [-0.2, -0.15) is 4.55 Å². The minimum Gasteiger partial charge on any atom is -0.363 e. The fourth-order valence-corrected chi connectivity index (χ4v) is 8.84. The van der Waals surface area contributed by atoms with Crippen molar-refractivity contribution in [2.24, 2.45) is 28.9 Å². The molecule has 6 atom stereocenters. The summed E-state index contributed by atoms with van der Waals surface area (Å²) in [4.78, 5) is 69.4. The van der Waals surface area contributed by atoms with Crippen molar-refractivity contribution in [1.82, 2.24) is 26.2 Å². The Morgan fingerprint density at radius 1 is 1.06 bits per heavy atom. The van der Waals surface area contributed by atoms with Gasteiger partial charge in [-0.1, -0.05) is 77.9 Å². The zero-order valence-corrected chi connectivity index (χ0v) is 32.2. The number of hydrogen-bond acceptors (Lipinski definition) is 8. The van der Waals surface area contributed by atoms with E-state index in [2.05, 4.69) is 21.3 Å². The van der Waals surface area contributed by atoms with Crippen LogP contribution in [0.3, 0.4) is 0 Å². The molecular weight excluding hydrogens is 681 g/mol. The van der Waals surface area contributed by atoms with Crippen LogP contribution in [0, 0.1) is 23.2 Å². The third kappa shape index (κ3) is 11.3. The molecule has 13 nitrogen and oxygen atoms in total. The number of thiophene rings is 1. The number of hydrogen-bond donors (Lipinski definition) is 6. The van der Waals surface area contributed by atoms with E-state index in [1.807, 2.05) is 41.5 Å². The van der Waals surface area contributed by atoms with Gasteiger partial charge in [-0.25, -0.2) is 4.79 Å². The predicted molar refractivity (Wildman–Crippen MR) is 196 cm³/mol. The third-order valence-corrected chi connectivity index (χ3v) is 12.1. The molecule has 0 bridgehead atoms. The highest BCUT2D eigenvalue weighted by atomic mass is 32.2. The summed E-state index contributed by atoms with van der Waals surface area (Å²) in [6, 6.07) is -2.00. The number of likely N-dealkylation sites (tertiary alicyclic amines) is 1. The van der Waals surface area contributed by atoms with Crippen LogP contribution in [-0.2, 0) is 41.0 Å². The molecule has 1 aliphatic carbocycles. The van der Waals surface area contributed by atoms with Gasteiger partial charge in [0.1, 0.15) is 12.1 Å². The van der Waals surface area contributed by atoms with Gasteiger partial charge < -0.3 is 31.9 Å². The molecule has 50 heavy (non-hydrogen) atoms. The summed E-state index contributed by atoms with van der Waals surface area (Å²) >= 11 is -1.07. The average molecular weight is 740 g/mol. The van der Waals surface area contributed by atoms with Crippen molar-refractivity contribution in [3.05, 3.63) is 16.3 Å². The van der Waals surface area contributed by atoms with E-state index < -0.39 is 52.8 Å². The van der Waals surface area contributed by atoms with Crippen LogP contribution in [0.4, 0.5) is 4.79 Å². The molecule has 7 N–H and O–H groups in total. The van der Waals surface area contributed by atoms with Gasteiger partial charge in [0, 0.05) is 31.7 Å². The summed E-state index contributed by atoms with van der Waals surface area (Å²) in [6.07, 6.45) is 6.67. The lowest BCUT2D eigenvalue weighted by Gasteiger charge is -2.37. The molecule has 0 spiro atoms. The summed E-state index contributed by atoms with van der Waals surface area (Å²) in [6.45, 7) is 13.0. The monoisotopic (exact) mass is 739 g/mol.